The molecule has 26 heavy (non-hydrogen) atoms. The van der Waals surface area contributed by atoms with Gasteiger partial charge in [0, 0.05) is 38.3 Å². The Kier molecular flexibility index (Phi) is 5.83. The van der Waals surface area contributed by atoms with Gasteiger partial charge < -0.3 is 9.64 Å². The van der Waals surface area contributed by atoms with E-state index in [-0.39, 0.29) is 23.3 Å². The maximum atomic E-state index is 13.7. The molecule has 138 valence electrons. The van der Waals surface area contributed by atoms with E-state index in [2.05, 4.69) is 4.90 Å². The fourth-order valence-corrected chi connectivity index (χ4v) is 2.93. The molecule has 1 saturated heterocycles. The molecule has 1 heterocycles. The first-order valence-electron chi connectivity index (χ1n) is 8.70. The summed E-state index contributed by atoms with van der Waals surface area (Å²) in [5.41, 5.74) is 0.908. The topological polar surface area (TPSA) is 32.8 Å². The Labute approximate surface area is 152 Å². The predicted octanol–water partition coefficient (Wildman–Crippen LogP) is 3.11. The summed E-state index contributed by atoms with van der Waals surface area (Å²) < 4.78 is 32.6. The Morgan fingerprint density at radius 1 is 1.04 bits per heavy atom. The van der Waals surface area contributed by atoms with Gasteiger partial charge in [-0.05, 0) is 36.8 Å². The van der Waals surface area contributed by atoms with Crippen LogP contribution in [-0.2, 0) is 0 Å². The second kappa shape index (κ2) is 8.27. The molecule has 2 aromatic carbocycles. The third-order valence-corrected chi connectivity index (χ3v) is 4.58. The van der Waals surface area contributed by atoms with Crippen LogP contribution in [0, 0.1) is 18.6 Å². The molecule has 2 aromatic rings. The highest BCUT2D eigenvalue weighted by molar-refractivity contribution is 5.94. The summed E-state index contributed by atoms with van der Waals surface area (Å²) in [5, 5.41) is 0. The second-order valence-corrected chi connectivity index (χ2v) is 6.38. The van der Waals surface area contributed by atoms with Gasteiger partial charge in [-0.2, -0.15) is 0 Å². The van der Waals surface area contributed by atoms with Crippen LogP contribution < -0.4 is 4.74 Å². The lowest BCUT2D eigenvalue weighted by Gasteiger charge is -2.34. The van der Waals surface area contributed by atoms with Crippen molar-refractivity contribution in [2.45, 2.75) is 6.92 Å². The van der Waals surface area contributed by atoms with Gasteiger partial charge in [0.1, 0.15) is 12.4 Å². The zero-order chi connectivity index (χ0) is 18.5. The molecule has 1 fully saturated rings. The molecule has 3 rings (SSSR count). The Bertz CT molecular complexity index is 774. The highest BCUT2D eigenvalue weighted by Crippen LogP contribution is 2.16. The van der Waals surface area contributed by atoms with Gasteiger partial charge in [-0.3, -0.25) is 9.69 Å². The summed E-state index contributed by atoms with van der Waals surface area (Å²) in [6.07, 6.45) is 0. The molecular weight excluding hydrogens is 338 g/mol. The molecule has 4 nitrogen and oxygen atoms in total. The summed E-state index contributed by atoms with van der Waals surface area (Å²) in [6.45, 7) is 5.29. The van der Waals surface area contributed by atoms with E-state index in [0.717, 1.165) is 0 Å². The maximum Gasteiger partial charge on any atom is 0.254 e. The number of nitrogens with zero attached hydrogens (tertiary/aromatic N) is 2. The number of piperazine rings is 1. The van der Waals surface area contributed by atoms with Gasteiger partial charge in [-0.15, -0.1) is 0 Å². The van der Waals surface area contributed by atoms with Crippen LogP contribution in [0.3, 0.4) is 0 Å². The van der Waals surface area contributed by atoms with Crippen LogP contribution >= 0.6 is 0 Å². The van der Waals surface area contributed by atoms with Gasteiger partial charge in [0.05, 0.1) is 0 Å². The van der Waals surface area contributed by atoms with Gasteiger partial charge in [-0.1, -0.05) is 18.2 Å². The standard InChI is InChI=1S/C20H22F2N2O2/c1-15-6-7-16(14-18(15)22)20(25)24-10-8-23(9-11-24)12-13-26-19-5-3-2-4-17(19)21/h2-7,14H,8-13H2,1H3. The van der Waals surface area contributed by atoms with Gasteiger partial charge >= 0.3 is 0 Å². The van der Waals surface area contributed by atoms with Gasteiger partial charge in [-0.25, -0.2) is 8.78 Å². The van der Waals surface area contributed by atoms with E-state index in [0.29, 0.717) is 50.5 Å². The highest BCUT2D eigenvalue weighted by Gasteiger charge is 2.22. The van der Waals surface area contributed by atoms with Crippen LogP contribution in [0.1, 0.15) is 15.9 Å². The number of ether oxygens (including phenoxy) is 1. The van der Waals surface area contributed by atoms with Crippen molar-refractivity contribution in [3.8, 4) is 5.75 Å². The number of rotatable bonds is 5. The predicted molar refractivity (Wildman–Crippen MR) is 95.4 cm³/mol. The molecule has 1 aliphatic rings. The normalized spacial score (nSPS) is 15.1. The molecule has 0 aromatic heterocycles. The first-order valence-corrected chi connectivity index (χ1v) is 8.70. The Morgan fingerprint density at radius 3 is 2.46 bits per heavy atom. The van der Waals surface area contributed by atoms with E-state index in [9.17, 15) is 13.6 Å². The van der Waals surface area contributed by atoms with E-state index >= 15 is 0 Å². The Balaban J connectivity index is 1.46. The lowest BCUT2D eigenvalue weighted by atomic mass is 10.1. The summed E-state index contributed by atoms with van der Waals surface area (Å²) in [6, 6.07) is 10.9. The number of amides is 1. The number of carbonyl (C=O) groups is 1. The summed E-state index contributed by atoms with van der Waals surface area (Å²) in [7, 11) is 0. The van der Waals surface area contributed by atoms with E-state index in [1.165, 1.54) is 12.1 Å². The first-order chi connectivity index (χ1) is 12.5. The first kappa shape index (κ1) is 18.3. The SMILES string of the molecule is Cc1ccc(C(=O)N2CCN(CCOc3ccccc3F)CC2)cc1F. The smallest absolute Gasteiger partial charge is 0.254 e. The fourth-order valence-electron chi connectivity index (χ4n) is 2.93. The van der Waals surface area contributed by atoms with Gasteiger partial charge in [0.2, 0.25) is 0 Å². The number of hydrogen-bond donors (Lipinski definition) is 0. The number of halogens is 2. The van der Waals surface area contributed by atoms with Crippen molar-refractivity contribution in [2.24, 2.45) is 0 Å². The van der Waals surface area contributed by atoms with Crippen LogP contribution in [0.2, 0.25) is 0 Å². The molecule has 0 unspecified atom stereocenters. The maximum absolute atomic E-state index is 13.7. The molecule has 0 bridgehead atoms. The summed E-state index contributed by atoms with van der Waals surface area (Å²) in [4.78, 5) is 16.4. The summed E-state index contributed by atoms with van der Waals surface area (Å²) in [5.74, 6) is -0.623. The molecule has 0 radical (unpaired) electrons. The van der Waals surface area contributed by atoms with E-state index in [1.807, 2.05) is 0 Å². The zero-order valence-corrected chi connectivity index (χ0v) is 14.8. The molecule has 1 amide bonds. The third-order valence-electron chi connectivity index (χ3n) is 4.58. The Hall–Kier alpha value is -2.47. The van der Waals surface area contributed by atoms with Crippen LogP contribution in [0.15, 0.2) is 42.5 Å². The van der Waals surface area contributed by atoms with Gasteiger partial charge in [0.15, 0.2) is 11.6 Å². The number of para-hydroxylation sites is 1. The van der Waals surface area contributed by atoms with Crippen molar-refractivity contribution in [3.63, 3.8) is 0 Å². The second-order valence-electron chi connectivity index (χ2n) is 6.38. The third kappa shape index (κ3) is 4.38. The average molecular weight is 360 g/mol. The molecule has 0 atom stereocenters. The fraction of sp³-hybridized carbons (Fsp3) is 0.350. The monoisotopic (exact) mass is 360 g/mol. The largest absolute Gasteiger partial charge is 0.489 e. The summed E-state index contributed by atoms with van der Waals surface area (Å²) >= 11 is 0. The lowest BCUT2D eigenvalue weighted by molar-refractivity contribution is 0.0619. The zero-order valence-electron chi connectivity index (χ0n) is 14.8. The quantitative estimate of drug-likeness (QED) is 0.821. The van der Waals surface area contributed by atoms with Crippen molar-refractivity contribution in [1.29, 1.82) is 0 Å². The molecule has 0 saturated carbocycles. The average Bonchev–Trinajstić information content (AvgIpc) is 2.65. The number of benzene rings is 2. The van der Waals surface area contributed by atoms with Crippen molar-refractivity contribution >= 4 is 5.91 Å². The highest BCUT2D eigenvalue weighted by atomic mass is 19.1. The van der Waals surface area contributed by atoms with Crippen molar-refractivity contribution in [2.75, 3.05) is 39.3 Å². The van der Waals surface area contributed by atoms with E-state index < -0.39 is 0 Å². The van der Waals surface area contributed by atoms with Crippen LogP contribution in [0.25, 0.3) is 0 Å². The molecule has 6 heteroatoms. The van der Waals surface area contributed by atoms with Crippen LogP contribution in [-0.4, -0.2) is 55.0 Å². The van der Waals surface area contributed by atoms with Crippen LogP contribution in [0.5, 0.6) is 5.75 Å². The minimum atomic E-state index is -0.367. The van der Waals surface area contributed by atoms with E-state index in [4.69, 9.17) is 4.74 Å². The molecule has 0 spiro atoms. The Morgan fingerprint density at radius 2 is 1.77 bits per heavy atom. The van der Waals surface area contributed by atoms with Crippen molar-refractivity contribution in [1.82, 2.24) is 9.80 Å². The minimum absolute atomic E-state index is 0.147. The number of hydrogen-bond acceptors (Lipinski definition) is 3. The van der Waals surface area contributed by atoms with Gasteiger partial charge in [0.25, 0.3) is 5.91 Å². The molecule has 1 aliphatic heterocycles. The minimum Gasteiger partial charge on any atom is -0.489 e. The van der Waals surface area contributed by atoms with E-state index in [1.54, 1.807) is 42.2 Å². The molecule has 0 N–H and O–H groups in total. The number of carbonyl (C=O) groups excluding carboxylic acids is 1. The molecule has 0 aliphatic carbocycles. The lowest BCUT2D eigenvalue weighted by Crippen LogP contribution is -2.49. The van der Waals surface area contributed by atoms with Crippen LogP contribution in [0.4, 0.5) is 8.78 Å². The van der Waals surface area contributed by atoms with Crippen molar-refractivity contribution in [3.05, 3.63) is 65.2 Å². The molecular formula is C20H22F2N2O2. The number of aryl methyl sites for hydroxylation is 1. The van der Waals surface area contributed by atoms with Crippen molar-refractivity contribution < 1.29 is 18.3 Å².